The van der Waals surface area contributed by atoms with Gasteiger partial charge in [0, 0.05) is 19.7 Å². The van der Waals surface area contributed by atoms with Crippen LogP contribution in [0, 0.1) is 11.3 Å². The summed E-state index contributed by atoms with van der Waals surface area (Å²) < 4.78 is 22.3. The monoisotopic (exact) mass is 550 g/mol. The zero-order valence-electron chi connectivity index (χ0n) is 24.5. The third-order valence-electron chi connectivity index (χ3n) is 8.46. The number of fused-ring (bicyclic) bond motifs is 1. The molecule has 2 aromatic rings. The van der Waals surface area contributed by atoms with Gasteiger partial charge in [-0.25, -0.2) is 4.79 Å². The van der Waals surface area contributed by atoms with E-state index in [1.54, 1.807) is 6.07 Å². The number of ether oxygens (including phenoxy) is 1. The van der Waals surface area contributed by atoms with E-state index in [1.807, 2.05) is 0 Å². The van der Waals surface area contributed by atoms with E-state index in [0.29, 0.717) is 29.4 Å². The molecule has 0 spiro atoms. The molecule has 8 nitrogen and oxygen atoms in total. The Morgan fingerprint density at radius 2 is 1.87 bits per heavy atom. The zero-order valence-corrected chi connectivity index (χ0v) is 25.5. The van der Waals surface area contributed by atoms with Gasteiger partial charge in [0.2, 0.25) is 0 Å². The highest BCUT2D eigenvalue weighted by Crippen LogP contribution is 2.37. The molecule has 1 fully saturated rings. The van der Waals surface area contributed by atoms with E-state index in [2.05, 4.69) is 58.3 Å². The van der Waals surface area contributed by atoms with Gasteiger partial charge in [0.15, 0.2) is 14.1 Å². The summed E-state index contributed by atoms with van der Waals surface area (Å²) in [5.41, 5.74) is 0.0184. The number of furan rings is 2. The largest absolute Gasteiger partial charge is 0.433 e. The van der Waals surface area contributed by atoms with Gasteiger partial charge in [0.05, 0.1) is 18.4 Å². The number of rotatable bonds is 13. The zero-order chi connectivity index (χ0) is 28.0. The summed E-state index contributed by atoms with van der Waals surface area (Å²) >= 11 is 0. The lowest BCUT2D eigenvalue weighted by atomic mass is 9.83. The van der Waals surface area contributed by atoms with Crippen molar-refractivity contribution in [2.45, 2.75) is 110 Å². The normalized spacial score (nSPS) is 17.5. The van der Waals surface area contributed by atoms with Crippen LogP contribution in [0.15, 0.2) is 27.4 Å². The van der Waals surface area contributed by atoms with E-state index in [4.69, 9.17) is 18.0 Å². The van der Waals surface area contributed by atoms with Crippen LogP contribution in [0.1, 0.15) is 79.6 Å². The second-order valence-electron chi connectivity index (χ2n) is 13.3. The minimum absolute atomic E-state index is 0.0184. The van der Waals surface area contributed by atoms with Crippen LogP contribution in [0.3, 0.4) is 0 Å². The van der Waals surface area contributed by atoms with E-state index in [1.165, 1.54) is 31.8 Å². The van der Waals surface area contributed by atoms with Crippen LogP contribution in [0.4, 0.5) is 4.79 Å². The summed E-state index contributed by atoms with van der Waals surface area (Å²) in [4.78, 5) is 12.8. The van der Waals surface area contributed by atoms with Gasteiger partial charge >= 0.3 is 11.9 Å². The van der Waals surface area contributed by atoms with E-state index in [-0.39, 0.29) is 10.5 Å². The first-order valence-electron chi connectivity index (χ1n) is 14.2. The van der Waals surface area contributed by atoms with Gasteiger partial charge < -0.3 is 33.7 Å². The second kappa shape index (κ2) is 13.0. The minimum atomic E-state index is -1.76. The van der Waals surface area contributed by atoms with Crippen molar-refractivity contribution in [1.29, 1.82) is 0 Å². The SMILES string of the molecule is CC(C)(CCO[Si](C)(C)C(C)(C)C)CNC[C@@H](O)[C@H](CC1CCCCC1)NC(=O)Oc1coc2occc12. The molecule has 1 aliphatic rings. The van der Waals surface area contributed by atoms with Gasteiger partial charge in [-0.2, -0.15) is 0 Å². The summed E-state index contributed by atoms with van der Waals surface area (Å²) in [6.07, 6.45) is 9.11. The summed E-state index contributed by atoms with van der Waals surface area (Å²) in [5, 5.41) is 18.3. The molecule has 2 aromatic heterocycles. The highest BCUT2D eigenvalue weighted by molar-refractivity contribution is 6.74. The molecule has 0 saturated heterocycles. The van der Waals surface area contributed by atoms with Crippen LogP contribution < -0.4 is 15.4 Å². The molecule has 1 amide bonds. The number of hydrogen-bond donors (Lipinski definition) is 3. The number of nitrogens with one attached hydrogen (secondary N) is 2. The Hall–Kier alpha value is -1.81. The molecule has 38 heavy (non-hydrogen) atoms. The maximum atomic E-state index is 12.8. The summed E-state index contributed by atoms with van der Waals surface area (Å²) in [6.45, 7) is 17.7. The molecule has 0 unspecified atom stereocenters. The molecule has 0 aliphatic heterocycles. The molecule has 1 aliphatic carbocycles. The van der Waals surface area contributed by atoms with E-state index >= 15 is 0 Å². The molecule has 3 N–H and O–H groups in total. The average Bonchev–Trinajstić information content (AvgIpc) is 3.43. The van der Waals surface area contributed by atoms with Gasteiger partial charge in [-0.05, 0) is 48.4 Å². The fraction of sp³-hybridized carbons (Fsp3) is 0.759. The number of amides is 1. The molecule has 2 heterocycles. The van der Waals surface area contributed by atoms with E-state index < -0.39 is 26.6 Å². The first kappa shape index (κ1) is 30.7. The predicted molar refractivity (Wildman–Crippen MR) is 153 cm³/mol. The van der Waals surface area contributed by atoms with Gasteiger partial charge in [0.1, 0.15) is 11.6 Å². The second-order valence-corrected chi connectivity index (χ2v) is 18.1. The van der Waals surface area contributed by atoms with E-state index in [0.717, 1.165) is 38.8 Å². The molecule has 216 valence electrons. The third kappa shape index (κ3) is 8.86. The Labute approximate surface area is 229 Å². The summed E-state index contributed by atoms with van der Waals surface area (Å²) in [5.74, 6) is 1.10. The van der Waals surface area contributed by atoms with Crippen LogP contribution >= 0.6 is 0 Å². The lowest BCUT2D eigenvalue weighted by Crippen LogP contribution is -2.50. The first-order chi connectivity index (χ1) is 17.8. The smallest absolute Gasteiger partial charge is 0.413 e. The number of aliphatic hydroxyl groups excluding tert-OH is 1. The molecule has 0 bridgehead atoms. The highest BCUT2D eigenvalue weighted by atomic mass is 28.4. The third-order valence-corrected chi connectivity index (χ3v) is 13.0. The van der Waals surface area contributed by atoms with Crippen molar-refractivity contribution in [3.05, 3.63) is 18.6 Å². The minimum Gasteiger partial charge on any atom is -0.433 e. The van der Waals surface area contributed by atoms with Crippen molar-refractivity contribution in [3.8, 4) is 5.75 Å². The van der Waals surface area contributed by atoms with Gasteiger partial charge in [0.25, 0.3) is 0 Å². The first-order valence-corrected chi connectivity index (χ1v) is 17.1. The van der Waals surface area contributed by atoms with Crippen molar-refractivity contribution >= 4 is 25.6 Å². The number of carbonyl (C=O) groups is 1. The Bertz CT molecular complexity index is 1000. The molecule has 1 saturated carbocycles. The van der Waals surface area contributed by atoms with Gasteiger partial charge in [-0.15, -0.1) is 0 Å². The fourth-order valence-corrected chi connectivity index (χ4v) is 5.83. The molecule has 0 aromatic carbocycles. The quantitative estimate of drug-likeness (QED) is 0.234. The molecule has 9 heteroatoms. The van der Waals surface area contributed by atoms with Crippen molar-refractivity contribution in [3.63, 3.8) is 0 Å². The molecular formula is C29H50N2O6Si. The molecule has 3 rings (SSSR count). The van der Waals surface area contributed by atoms with Crippen molar-refractivity contribution < 1.29 is 27.9 Å². The van der Waals surface area contributed by atoms with E-state index in [9.17, 15) is 9.90 Å². The number of aliphatic hydroxyl groups is 1. The van der Waals surface area contributed by atoms with Gasteiger partial charge in [-0.1, -0.05) is 66.7 Å². The lowest BCUT2D eigenvalue weighted by Gasteiger charge is -2.37. The number of hydrogen-bond acceptors (Lipinski definition) is 7. The van der Waals surface area contributed by atoms with Crippen molar-refractivity contribution in [2.24, 2.45) is 11.3 Å². The Balaban J connectivity index is 1.51. The standard InChI is InChI=1S/C29H50N2O6Si/c1-28(2,3)38(6,7)36-16-14-29(4,5)20-30-18-24(32)23(17-21-11-9-8-10-12-21)31-27(33)37-25-19-35-26-22(25)13-15-34-26/h13,15,19,21,23-24,30,32H,8-12,14,16-18,20H2,1-7H3,(H,31,33)/t23-,24+/m0/s1. The van der Waals surface area contributed by atoms with Gasteiger partial charge in [-0.3, -0.25) is 0 Å². The Morgan fingerprint density at radius 3 is 2.55 bits per heavy atom. The van der Waals surface area contributed by atoms with Crippen molar-refractivity contribution in [1.82, 2.24) is 10.6 Å². The number of carbonyl (C=O) groups excluding carboxylic acids is 1. The van der Waals surface area contributed by atoms with Crippen LogP contribution in [-0.4, -0.2) is 51.4 Å². The lowest BCUT2D eigenvalue weighted by molar-refractivity contribution is 0.0996. The van der Waals surface area contributed by atoms with Crippen LogP contribution in [0.5, 0.6) is 5.75 Å². The fourth-order valence-electron chi connectivity index (χ4n) is 4.78. The summed E-state index contributed by atoms with van der Waals surface area (Å²) in [7, 11) is -1.76. The van der Waals surface area contributed by atoms with Crippen LogP contribution in [-0.2, 0) is 4.43 Å². The topological polar surface area (TPSA) is 106 Å². The Morgan fingerprint density at radius 1 is 1.16 bits per heavy atom. The highest BCUT2D eigenvalue weighted by Gasteiger charge is 2.37. The maximum Gasteiger partial charge on any atom is 0.413 e. The molecular weight excluding hydrogens is 500 g/mol. The molecule has 2 atom stereocenters. The predicted octanol–water partition coefficient (Wildman–Crippen LogP) is 6.84. The average molecular weight is 551 g/mol. The van der Waals surface area contributed by atoms with Crippen LogP contribution in [0.2, 0.25) is 18.1 Å². The summed E-state index contributed by atoms with van der Waals surface area (Å²) in [6, 6.07) is 1.29. The molecule has 0 radical (unpaired) electrons. The van der Waals surface area contributed by atoms with Crippen LogP contribution in [0.25, 0.3) is 11.2 Å². The maximum absolute atomic E-state index is 12.8. The van der Waals surface area contributed by atoms with Crippen molar-refractivity contribution in [2.75, 3.05) is 19.7 Å². The Kier molecular flexibility index (Phi) is 10.5.